The number of carbonyl (C=O) groups is 3. The lowest BCUT2D eigenvalue weighted by Crippen LogP contribution is -2.33. The van der Waals surface area contributed by atoms with Crippen molar-refractivity contribution in [2.75, 3.05) is 13.4 Å². The minimum Gasteiger partial charge on any atom is -0.462 e. The third-order valence-corrected chi connectivity index (χ3v) is 6.40. The summed E-state index contributed by atoms with van der Waals surface area (Å²) in [5.74, 6) is -1.07. The molecular formula is C25H34O7. The van der Waals surface area contributed by atoms with E-state index >= 15 is 0 Å². The van der Waals surface area contributed by atoms with E-state index in [0.717, 1.165) is 5.56 Å². The quantitative estimate of drug-likeness (QED) is 0.243. The molecule has 1 aromatic carbocycles. The summed E-state index contributed by atoms with van der Waals surface area (Å²) in [6.07, 6.45) is 5.08. The minimum absolute atomic E-state index is 0.0141. The molecule has 176 valence electrons. The highest BCUT2D eigenvalue weighted by Crippen LogP contribution is 2.33. The number of hydrogen-bond donors (Lipinski definition) is 0. The van der Waals surface area contributed by atoms with Crippen LogP contribution < -0.4 is 0 Å². The average Bonchev–Trinajstić information content (AvgIpc) is 2.84. The predicted molar refractivity (Wildman–Crippen MR) is 116 cm³/mol. The fourth-order valence-electron chi connectivity index (χ4n) is 4.39. The summed E-state index contributed by atoms with van der Waals surface area (Å²) < 4.78 is 21.3. The van der Waals surface area contributed by atoms with Gasteiger partial charge in [-0.15, -0.1) is 0 Å². The Balaban J connectivity index is 1.32. The molecule has 1 aromatic rings. The van der Waals surface area contributed by atoms with Gasteiger partial charge in [0.1, 0.15) is 12.7 Å². The van der Waals surface area contributed by atoms with Crippen LogP contribution >= 0.6 is 0 Å². The van der Waals surface area contributed by atoms with Crippen molar-refractivity contribution in [3.63, 3.8) is 0 Å². The van der Waals surface area contributed by atoms with Crippen LogP contribution in [0, 0.1) is 17.8 Å². The van der Waals surface area contributed by atoms with Gasteiger partial charge in [-0.25, -0.2) is 0 Å². The molecular weight excluding hydrogens is 412 g/mol. The maximum atomic E-state index is 12.6. The normalized spacial score (nSPS) is 25.5. The van der Waals surface area contributed by atoms with E-state index in [1.54, 1.807) is 0 Å². The van der Waals surface area contributed by atoms with Crippen molar-refractivity contribution >= 4 is 17.9 Å². The third kappa shape index (κ3) is 7.33. The van der Waals surface area contributed by atoms with E-state index in [-0.39, 0.29) is 55.2 Å². The maximum absolute atomic E-state index is 12.6. The molecule has 32 heavy (non-hydrogen) atoms. The standard InChI is InChI=1S/C25H34O7/c1-2-29-17-31-24(27)19-8-10-21(11-9-19)25(28)32-22-14-12-20(13-15-22)23(26)30-16-18-6-4-3-5-7-18/h3-7,19-22H,2,8-17H2,1H3. The van der Waals surface area contributed by atoms with Crippen molar-refractivity contribution in [1.29, 1.82) is 0 Å². The summed E-state index contributed by atoms with van der Waals surface area (Å²) in [4.78, 5) is 36.9. The molecule has 0 radical (unpaired) electrons. The van der Waals surface area contributed by atoms with Crippen molar-refractivity contribution in [1.82, 2.24) is 0 Å². The molecule has 0 aliphatic heterocycles. The summed E-state index contributed by atoms with van der Waals surface area (Å²) in [5.41, 5.74) is 0.973. The Hall–Kier alpha value is -2.41. The van der Waals surface area contributed by atoms with Crippen LogP contribution in [0.1, 0.15) is 63.9 Å². The Labute approximate surface area is 189 Å². The molecule has 0 N–H and O–H groups in total. The number of benzene rings is 1. The first-order chi connectivity index (χ1) is 15.6. The number of carbonyl (C=O) groups excluding carboxylic acids is 3. The summed E-state index contributed by atoms with van der Waals surface area (Å²) in [5, 5.41) is 0. The number of hydrogen-bond acceptors (Lipinski definition) is 7. The van der Waals surface area contributed by atoms with Gasteiger partial charge in [0.25, 0.3) is 0 Å². The monoisotopic (exact) mass is 446 g/mol. The Bertz CT molecular complexity index is 732. The Morgan fingerprint density at radius 2 is 1.28 bits per heavy atom. The SMILES string of the molecule is CCOCOC(=O)C1CCC(C(=O)OC2CCC(C(=O)OCc3ccccc3)CC2)CC1. The molecule has 0 unspecified atom stereocenters. The topological polar surface area (TPSA) is 88.1 Å². The highest BCUT2D eigenvalue weighted by Gasteiger charge is 2.34. The van der Waals surface area contributed by atoms with Gasteiger partial charge in [-0.2, -0.15) is 0 Å². The van der Waals surface area contributed by atoms with Crippen LogP contribution in [-0.2, 0) is 39.9 Å². The van der Waals surface area contributed by atoms with Crippen molar-refractivity contribution in [3.8, 4) is 0 Å². The predicted octanol–water partition coefficient (Wildman–Crippen LogP) is 4.18. The van der Waals surface area contributed by atoms with E-state index < -0.39 is 0 Å². The fourth-order valence-corrected chi connectivity index (χ4v) is 4.39. The molecule has 3 rings (SSSR count). The molecule has 0 atom stereocenters. The zero-order valence-corrected chi connectivity index (χ0v) is 18.8. The number of esters is 3. The molecule has 2 saturated carbocycles. The summed E-state index contributed by atoms with van der Waals surface area (Å²) in [7, 11) is 0. The molecule has 2 aliphatic carbocycles. The fraction of sp³-hybridized carbons (Fsp3) is 0.640. The van der Waals surface area contributed by atoms with Gasteiger partial charge in [0.2, 0.25) is 0 Å². The van der Waals surface area contributed by atoms with Gasteiger partial charge in [-0.1, -0.05) is 30.3 Å². The van der Waals surface area contributed by atoms with E-state index in [9.17, 15) is 14.4 Å². The molecule has 0 amide bonds. The second-order valence-electron chi connectivity index (χ2n) is 8.63. The van der Waals surface area contributed by atoms with Crippen LogP contribution in [0.3, 0.4) is 0 Å². The van der Waals surface area contributed by atoms with Crippen molar-refractivity contribution in [2.45, 2.75) is 71.0 Å². The van der Waals surface area contributed by atoms with E-state index in [2.05, 4.69) is 0 Å². The number of rotatable bonds is 9. The summed E-state index contributed by atoms with van der Waals surface area (Å²) in [6.45, 7) is 2.62. The van der Waals surface area contributed by atoms with Gasteiger partial charge in [0.15, 0.2) is 6.79 Å². The Kier molecular flexibility index (Phi) is 9.53. The average molecular weight is 447 g/mol. The first-order valence-corrected chi connectivity index (χ1v) is 11.7. The molecule has 2 aliphatic rings. The van der Waals surface area contributed by atoms with E-state index in [1.165, 1.54) is 0 Å². The zero-order chi connectivity index (χ0) is 22.8. The van der Waals surface area contributed by atoms with Gasteiger partial charge >= 0.3 is 17.9 Å². The smallest absolute Gasteiger partial charge is 0.311 e. The second kappa shape index (κ2) is 12.6. The first-order valence-electron chi connectivity index (χ1n) is 11.7. The van der Waals surface area contributed by atoms with E-state index in [1.807, 2.05) is 37.3 Å². The molecule has 0 spiro atoms. The molecule has 0 aromatic heterocycles. The molecule has 0 saturated heterocycles. The highest BCUT2D eigenvalue weighted by molar-refractivity contribution is 5.75. The lowest BCUT2D eigenvalue weighted by atomic mass is 9.82. The molecule has 2 fully saturated rings. The Morgan fingerprint density at radius 3 is 1.88 bits per heavy atom. The lowest BCUT2D eigenvalue weighted by molar-refractivity contribution is -0.166. The van der Waals surface area contributed by atoms with Crippen LogP contribution in [0.5, 0.6) is 0 Å². The van der Waals surface area contributed by atoms with Crippen LogP contribution in [0.25, 0.3) is 0 Å². The molecule has 0 bridgehead atoms. The second-order valence-corrected chi connectivity index (χ2v) is 8.63. The summed E-state index contributed by atoms with van der Waals surface area (Å²) in [6, 6.07) is 9.63. The van der Waals surface area contributed by atoms with Crippen molar-refractivity contribution < 1.29 is 33.3 Å². The van der Waals surface area contributed by atoms with Crippen LogP contribution in [0.4, 0.5) is 0 Å². The first kappa shape index (κ1) is 24.2. The molecule has 7 nitrogen and oxygen atoms in total. The number of ether oxygens (including phenoxy) is 4. The van der Waals surface area contributed by atoms with Crippen molar-refractivity contribution in [2.24, 2.45) is 17.8 Å². The third-order valence-electron chi connectivity index (χ3n) is 6.40. The van der Waals surface area contributed by atoms with E-state index in [4.69, 9.17) is 18.9 Å². The molecule has 7 heteroatoms. The van der Waals surface area contributed by atoms with Gasteiger partial charge in [0.05, 0.1) is 17.8 Å². The minimum atomic E-state index is -0.247. The van der Waals surface area contributed by atoms with Crippen molar-refractivity contribution in [3.05, 3.63) is 35.9 Å². The van der Waals surface area contributed by atoms with Gasteiger partial charge in [0, 0.05) is 6.61 Å². The van der Waals surface area contributed by atoms with Gasteiger partial charge in [-0.3, -0.25) is 14.4 Å². The largest absolute Gasteiger partial charge is 0.462 e. The van der Waals surface area contributed by atoms with Gasteiger partial charge in [-0.05, 0) is 63.9 Å². The summed E-state index contributed by atoms with van der Waals surface area (Å²) >= 11 is 0. The van der Waals surface area contributed by atoms with E-state index in [0.29, 0.717) is 58.0 Å². The molecule has 0 heterocycles. The zero-order valence-electron chi connectivity index (χ0n) is 18.8. The van der Waals surface area contributed by atoms with Crippen LogP contribution in [0.2, 0.25) is 0 Å². The van der Waals surface area contributed by atoms with Gasteiger partial charge < -0.3 is 18.9 Å². The van der Waals surface area contributed by atoms with Crippen LogP contribution in [0.15, 0.2) is 30.3 Å². The Morgan fingerprint density at radius 1 is 0.750 bits per heavy atom. The maximum Gasteiger partial charge on any atom is 0.311 e. The van der Waals surface area contributed by atoms with Crippen LogP contribution in [-0.4, -0.2) is 37.4 Å². The lowest BCUT2D eigenvalue weighted by Gasteiger charge is -2.30. The highest BCUT2D eigenvalue weighted by atomic mass is 16.7.